The number of aldehydes is 1. The Labute approximate surface area is 95.9 Å². The van der Waals surface area contributed by atoms with Crippen molar-refractivity contribution in [3.63, 3.8) is 0 Å². The fraction of sp³-hybridized carbons (Fsp3) is 0.300. The fourth-order valence-electron chi connectivity index (χ4n) is 1.08. The zero-order valence-corrected chi connectivity index (χ0v) is 9.78. The van der Waals surface area contributed by atoms with Gasteiger partial charge >= 0.3 is 0 Å². The molecule has 0 saturated heterocycles. The molecule has 0 fully saturated rings. The van der Waals surface area contributed by atoms with E-state index < -0.39 is 0 Å². The summed E-state index contributed by atoms with van der Waals surface area (Å²) in [6, 6.07) is 3.21. The summed E-state index contributed by atoms with van der Waals surface area (Å²) in [4.78, 5) is 10.8. The molecule has 1 aromatic rings. The van der Waals surface area contributed by atoms with E-state index >= 15 is 0 Å². The maximum Gasteiger partial charge on any atom is 0.153 e. The number of aliphatic hydroxyl groups excluding tert-OH is 1. The molecule has 0 amide bonds. The number of halogens is 1. The van der Waals surface area contributed by atoms with Crippen molar-refractivity contribution in [2.24, 2.45) is 0 Å². The second-order valence-corrected chi connectivity index (χ2v) is 3.57. The normalized spacial score (nSPS) is 9.80. The lowest BCUT2D eigenvalue weighted by atomic mass is 10.2. The third-order valence-corrected chi connectivity index (χ3v) is 2.38. The summed E-state index contributed by atoms with van der Waals surface area (Å²) in [5.41, 5.74) is 0.392. The smallest absolute Gasteiger partial charge is 0.153 e. The van der Waals surface area contributed by atoms with Crippen LogP contribution in [-0.2, 0) is 0 Å². The van der Waals surface area contributed by atoms with Gasteiger partial charge in [-0.2, -0.15) is 0 Å². The summed E-state index contributed by atoms with van der Waals surface area (Å²) in [6.45, 7) is 0.0571. The van der Waals surface area contributed by atoms with Crippen molar-refractivity contribution in [2.45, 2.75) is 0 Å². The van der Waals surface area contributed by atoms with Gasteiger partial charge in [0.15, 0.2) is 6.29 Å². The first-order valence-corrected chi connectivity index (χ1v) is 5.08. The van der Waals surface area contributed by atoms with Gasteiger partial charge < -0.3 is 14.6 Å². The van der Waals surface area contributed by atoms with Gasteiger partial charge in [0, 0.05) is 0 Å². The lowest BCUT2D eigenvalue weighted by molar-refractivity contribution is 0.111. The molecular formula is C10H11BrO4. The van der Waals surface area contributed by atoms with Crippen LogP contribution < -0.4 is 9.47 Å². The van der Waals surface area contributed by atoms with E-state index in [-0.39, 0.29) is 13.2 Å². The molecule has 1 aromatic carbocycles. The van der Waals surface area contributed by atoms with E-state index in [0.29, 0.717) is 27.8 Å². The first kappa shape index (κ1) is 12.0. The van der Waals surface area contributed by atoms with E-state index in [1.165, 1.54) is 7.11 Å². The minimum Gasteiger partial charge on any atom is -0.496 e. The number of hydrogen-bond acceptors (Lipinski definition) is 4. The summed E-state index contributed by atoms with van der Waals surface area (Å²) >= 11 is 3.28. The predicted octanol–water partition coefficient (Wildman–Crippen LogP) is 1.64. The van der Waals surface area contributed by atoms with Crippen LogP contribution in [0, 0.1) is 0 Å². The van der Waals surface area contributed by atoms with E-state index in [1.807, 2.05) is 0 Å². The average molecular weight is 275 g/mol. The van der Waals surface area contributed by atoms with Crippen molar-refractivity contribution in [2.75, 3.05) is 20.3 Å². The van der Waals surface area contributed by atoms with Gasteiger partial charge in [-0.1, -0.05) is 0 Å². The molecule has 0 spiro atoms. The maximum atomic E-state index is 10.8. The number of methoxy groups -OCH3 is 1. The molecule has 0 aliphatic rings. The number of rotatable bonds is 5. The molecule has 0 aliphatic carbocycles. The average Bonchev–Trinajstić information content (AvgIpc) is 2.26. The number of hydrogen-bond donors (Lipinski definition) is 1. The molecule has 0 bridgehead atoms. The number of carbonyl (C=O) groups excluding carboxylic acids is 1. The second-order valence-electron chi connectivity index (χ2n) is 2.71. The molecule has 0 aromatic heterocycles. The molecule has 0 unspecified atom stereocenters. The Hall–Kier alpha value is -1.07. The van der Waals surface area contributed by atoms with Crippen molar-refractivity contribution in [1.29, 1.82) is 0 Å². The van der Waals surface area contributed by atoms with E-state index in [9.17, 15) is 4.79 Å². The fourth-order valence-corrected chi connectivity index (χ4v) is 1.56. The Balaban J connectivity index is 3.03. The van der Waals surface area contributed by atoms with Crippen molar-refractivity contribution >= 4 is 22.2 Å². The minimum absolute atomic E-state index is 0.0953. The maximum absolute atomic E-state index is 10.8. The number of carbonyl (C=O) groups is 1. The minimum atomic E-state index is -0.0953. The number of aliphatic hydroxyl groups is 1. The Kier molecular flexibility index (Phi) is 4.58. The quantitative estimate of drug-likeness (QED) is 0.830. The van der Waals surface area contributed by atoms with Crippen LogP contribution in [0.1, 0.15) is 10.4 Å². The largest absolute Gasteiger partial charge is 0.496 e. The van der Waals surface area contributed by atoms with Crippen LogP contribution in [0.25, 0.3) is 0 Å². The van der Waals surface area contributed by atoms with Gasteiger partial charge in [-0.15, -0.1) is 0 Å². The van der Waals surface area contributed by atoms with Crippen LogP contribution in [0.5, 0.6) is 11.5 Å². The first-order chi connectivity index (χ1) is 7.22. The van der Waals surface area contributed by atoms with Gasteiger partial charge in [-0.25, -0.2) is 0 Å². The number of benzene rings is 1. The standard InChI is InChI=1S/C10H11BrO4/c1-14-10-4-7(6-13)9(5-8(10)11)15-3-2-12/h4-6,12H,2-3H2,1H3. The van der Waals surface area contributed by atoms with Crippen molar-refractivity contribution in [3.8, 4) is 11.5 Å². The Morgan fingerprint density at radius 2 is 2.20 bits per heavy atom. The Morgan fingerprint density at radius 3 is 2.73 bits per heavy atom. The summed E-state index contributed by atoms with van der Waals surface area (Å²) in [5.74, 6) is 0.986. The molecule has 5 heteroatoms. The third-order valence-electron chi connectivity index (χ3n) is 1.76. The Morgan fingerprint density at radius 1 is 1.47 bits per heavy atom. The number of ether oxygens (including phenoxy) is 2. The third kappa shape index (κ3) is 2.94. The van der Waals surface area contributed by atoms with E-state index in [4.69, 9.17) is 14.6 Å². The second kappa shape index (κ2) is 5.72. The van der Waals surface area contributed by atoms with Gasteiger partial charge in [0.2, 0.25) is 0 Å². The monoisotopic (exact) mass is 274 g/mol. The molecule has 0 heterocycles. The van der Waals surface area contributed by atoms with Crippen LogP contribution in [0.4, 0.5) is 0 Å². The SMILES string of the molecule is COc1cc(C=O)c(OCCO)cc1Br. The van der Waals surface area contributed by atoms with Crippen molar-refractivity contribution in [1.82, 2.24) is 0 Å². The highest BCUT2D eigenvalue weighted by Gasteiger charge is 2.09. The van der Waals surface area contributed by atoms with Crippen LogP contribution >= 0.6 is 15.9 Å². The van der Waals surface area contributed by atoms with Gasteiger partial charge in [0.05, 0.1) is 23.8 Å². The highest BCUT2D eigenvalue weighted by atomic mass is 79.9. The van der Waals surface area contributed by atoms with Gasteiger partial charge in [-0.3, -0.25) is 4.79 Å². The van der Waals surface area contributed by atoms with E-state index in [0.717, 1.165) is 0 Å². The van der Waals surface area contributed by atoms with Crippen LogP contribution in [0.3, 0.4) is 0 Å². The molecule has 1 N–H and O–H groups in total. The molecule has 1 rings (SSSR count). The van der Waals surface area contributed by atoms with E-state index in [2.05, 4.69) is 15.9 Å². The van der Waals surface area contributed by atoms with Crippen molar-refractivity contribution in [3.05, 3.63) is 22.2 Å². The van der Waals surface area contributed by atoms with Gasteiger partial charge in [-0.05, 0) is 28.1 Å². The molecule has 0 atom stereocenters. The molecule has 0 aliphatic heterocycles. The van der Waals surface area contributed by atoms with E-state index in [1.54, 1.807) is 12.1 Å². The van der Waals surface area contributed by atoms with Crippen LogP contribution in [0.2, 0.25) is 0 Å². The van der Waals surface area contributed by atoms with Gasteiger partial charge in [0.25, 0.3) is 0 Å². The topological polar surface area (TPSA) is 55.8 Å². The molecule has 82 valence electrons. The molecule has 15 heavy (non-hydrogen) atoms. The summed E-state index contributed by atoms with van der Waals surface area (Å²) < 4.78 is 10.9. The molecule has 0 radical (unpaired) electrons. The highest BCUT2D eigenvalue weighted by molar-refractivity contribution is 9.10. The summed E-state index contributed by atoms with van der Waals surface area (Å²) in [7, 11) is 1.52. The zero-order chi connectivity index (χ0) is 11.3. The Bertz CT molecular complexity index is 352. The molecule has 4 nitrogen and oxygen atoms in total. The van der Waals surface area contributed by atoms with Crippen molar-refractivity contribution < 1.29 is 19.4 Å². The first-order valence-electron chi connectivity index (χ1n) is 4.29. The summed E-state index contributed by atoms with van der Waals surface area (Å²) in [6.07, 6.45) is 0.682. The van der Waals surface area contributed by atoms with Gasteiger partial charge in [0.1, 0.15) is 18.1 Å². The zero-order valence-electron chi connectivity index (χ0n) is 8.20. The lowest BCUT2D eigenvalue weighted by Gasteiger charge is -2.10. The predicted molar refractivity (Wildman–Crippen MR) is 58.7 cm³/mol. The summed E-state index contributed by atoms with van der Waals surface area (Å²) in [5, 5.41) is 8.61. The van der Waals surface area contributed by atoms with Crippen LogP contribution in [0.15, 0.2) is 16.6 Å². The molecular weight excluding hydrogens is 264 g/mol. The molecule has 0 saturated carbocycles. The lowest BCUT2D eigenvalue weighted by Crippen LogP contribution is -2.04. The highest BCUT2D eigenvalue weighted by Crippen LogP contribution is 2.31. The van der Waals surface area contributed by atoms with Crippen LogP contribution in [-0.4, -0.2) is 31.7 Å².